The molecule has 0 unspecified atom stereocenters. The van der Waals surface area contributed by atoms with Crippen molar-refractivity contribution in [2.75, 3.05) is 19.8 Å². The summed E-state index contributed by atoms with van der Waals surface area (Å²) in [6.07, 6.45) is 4.28. The van der Waals surface area contributed by atoms with Crippen LogP contribution >= 0.6 is 0 Å². The third kappa shape index (κ3) is 1.08. The fourth-order valence-electron chi connectivity index (χ4n) is 1.16. The fourth-order valence-corrected chi connectivity index (χ4v) is 1.16. The number of hydrogen-bond acceptors (Lipinski definition) is 1. The highest BCUT2D eigenvalue weighted by atomic mass is 15.4. The third-order valence-electron chi connectivity index (χ3n) is 2.17. The minimum absolute atomic E-state index is 1.08. The monoisotopic (exact) mass is 127 g/mol. The molecule has 0 spiro atoms. The molecule has 2 heteroatoms. The normalized spacial score (nSPS) is 22.0. The smallest absolute Gasteiger partial charge is 0.156 e. The van der Waals surface area contributed by atoms with Gasteiger partial charge in [0.1, 0.15) is 6.20 Å². The summed E-state index contributed by atoms with van der Waals surface area (Å²) < 4.78 is 1.10. The Morgan fingerprint density at radius 2 is 2.11 bits per heavy atom. The van der Waals surface area contributed by atoms with Crippen LogP contribution in [0.2, 0.25) is 0 Å². The summed E-state index contributed by atoms with van der Waals surface area (Å²) >= 11 is 0. The van der Waals surface area contributed by atoms with Gasteiger partial charge in [-0.15, -0.1) is 0 Å². The molecule has 0 bridgehead atoms. The van der Waals surface area contributed by atoms with Gasteiger partial charge in [0.05, 0.1) is 19.3 Å². The first-order valence-electron chi connectivity index (χ1n) is 3.60. The zero-order valence-electron chi connectivity index (χ0n) is 6.22. The summed E-state index contributed by atoms with van der Waals surface area (Å²) in [4.78, 5) is 0. The minimum atomic E-state index is 1.08. The molecule has 2 nitrogen and oxygen atoms in total. The van der Waals surface area contributed by atoms with Gasteiger partial charge in [-0.3, -0.25) is 4.48 Å². The molecule has 9 heavy (non-hydrogen) atoms. The predicted molar refractivity (Wildman–Crippen MR) is 38.5 cm³/mol. The number of nitrogens with zero attached hydrogens (tertiary/aromatic N) is 1. The number of quaternary nitrogens is 1. The van der Waals surface area contributed by atoms with Gasteiger partial charge in [0.25, 0.3) is 0 Å². The van der Waals surface area contributed by atoms with E-state index < -0.39 is 0 Å². The number of hydrogen-bond donors (Lipinski definition) is 1. The highest BCUT2D eigenvalue weighted by Gasteiger charge is 2.22. The van der Waals surface area contributed by atoms with Gasteiger partial charge in [0, 0.05) is 0 Å². The molecule has 1 heterocycles. The summed E-state index contributed by atoms with van der Waals surface area (Å²) in [5.41, 5.74) is 0. The second-order valence-corrected chi connectivity index (χ2v) is 2.53. The van der Waals surface area contributed by atoms with E-state index in [1.54, 1.807) is 0 Å². The van der Waals surface area contributed by atoms with Crippen molar-refractivity contribution in [2.45, 2.75) is 13.8 Å². The van der Waals surface area contributed by atoms with Gasteiger partial charge in [-0.1, -0.05) is 0 Å². The predicted octanol–water partition coefficient (Wildman–Crippen LogP) is 0.875. The van der Waals surface area contributed by atoms with Gasteiger partial charge in [0.15, 0.2) is 6.67 Å². The van der Waals surface area contributed by atoms with E-state index in [-0.39, 0.29) is 0 Å². The molecule has 0 fully saturated rings. The maximum Gasteiger partial charge on any atom is 0.156 e. The van der Waals surface area contributed by atoms with Crippen LogP contribution in [-0.4, -0.2) is 24.2 Å². The lowest BCUT2D eigenvalue weighted by molar-refractivity contribution is -0.872. The quantitative estimate of drug-likeness (QED) is 0.543. The number of rotatable bonds is 2. The molecule has 0 atom stereocenters. The lowest BCUT2D eigenvalue weighted by Crippen LogP contribution is -2.43. The van der Waals surface area contributed by atoms with Crippen molar-refractivity contribution in [1.29, 1.82) is 0 Å². The van der Waals surface area contributed by atoms with Crippen molar-refractivity contribution in [3.8, 4) is 0 Å². The molecule has 0 aliphatic carbocycles. The first kappa shape index (κ1) is 6.62. The van der Waals surface area contributed by atoms with Crippen LogP contribution in [0.3, 0.4) is 0 Å². The Morgan fingerprint density at radius 3 is 2.33 bits per heavy atom. The Balaban J connectivity index is 2.57. The van der Waals surface area contributed by atoms with Crippen molar-refractivity contribution < 1.29 is 4.48 Å². The van der Waals surface area contributed by atoms with Crippen molar-refractivity contribution in [2.24, 2.45) is 0 Å². The van der Waals surface area contributed by atoms with E-state index in [1.165, 1.54) is 13.1 Å². The van der Waals surface area contributed by atoms with Gasteiger partial charge in [-0.25, -0.2) is 0 Å². The van der Waals surface area contributed by atoms with Crippen molar-refractivity contribution in [3.63, 3.8) is 0 Å². The van der Waals surface area contributed by atoms with Crippen LogP contribution in [0.4, 0.5) is 0 Å². The summed E-state index contributed by atoms with van der Waals surface area (Å²) in [6, 6.07) is 0. The van der Waals surface area contributed by atoms with E-state index in [0.29, 0.717) is 0 Å². The molecule has 1 aliphatic rings. The molecule has 0 aromatic rings. The fraction of sp³-hybridized carbons (Fsp3) is 0.714. The van der Waals surface area contributed by atoms with Gasteiger partial charge < -0.3 is 5.32 Å². The number of nitrogens with one attached hydrogen (secondary N) is 1. The first-order valence-corrected chi connectivity index (χ1v) is 3.60. The van der Waals surface area contributed by atoms with E-state index in [9.17, 15) is 0 Å². The van der Waals surface area contributed by atoms with E-state index in [0.717, 1.165) is 11.2 Å². The van der Waals surface area contributed by atoms with Crippen LogP contribution in [0.1, 0.15) is 13.8 Å². The van der Waals surface area contributed by atoms with Gasteiger partial charge in [0.2, 0.25) is 0 Å². The maximum absolute atomic E-state index is 3.21. The van der Waals surface area contributed by atoms with E-state index in [2.05, 4.69) is 25.4 Å². The van der Waals surface area contributed by atoms with E-state index >= 15 is 0 Å². The second-order valence-electron chi connectivity index (χ2n) is 2.53. The zero-order chi connectivity index (χ0) is 6.74. The highest BCUT2D eigenvalue weighted by molar-refractivity contribution is 4.76. The van der Waals surface area contributed by atoms with Crippen LogP contribution in [0, 0.1) is 0 Å². The molecular formula is C7H15N2+. The van der Waals surface area contributed by atoms with E-state index in [4.69, 9.17) is 0 Å². The van der Waals surface area contributed by atoms with Crippen molar-refractivity contribution in [3.05, 3.63) is 12.4 Å². The molecule has 1 N–H and O–H groups in total. The highest BCUT2D eigenvalue weighted by Crippen LogP contribution is 2.08. The summed E-state index contributed by atoms with van der Waals surface area (Å²) in [7, 11) is 0. The topological polar surface area (TPSA) is 12.0 Å². The van der Waals surface area contributed by atoms with Crippen LogP contribution in [0.5, 0.6) is 0 Å². The maximum atomic E-state index is 3.21. The standard InChI is InChI=1S/C7H15N2/c1-3-9(4-2)6-5-8-7-9/h5-6,8H,3-4,7H2,1-2H3/q+1. The Bertz CT molecular complexity index is 114. The van der Waals surface area contributed by atoms with Gasteiger partial charge >= 0.3 is 0 Å². The lowest BCUT2D eigenvalue weighted by Gasteiger charge is -2.27. The van der Waals surface area contributed by atoms with Crippen molar-refractivity contribution >= 4 is 0 Å². The first-order chi connectivity index (χ1) is 4.33. The Kier molecular flexibility index (Phi) is 1.76. The molecule has 0 aromatic carbocycles. The summed E-state index contributed by atoms with van der Waals surface area (Å²) in [6.45, 7) is 7.91. The largest absolute Gasteiger partial charge is 0.340 e. The minimum Gasteiger partial charge on any atom is -0.340 e. The SMILES string of the molecule is CC[N+]1(CC)C=CNC1. The van der Waals surface area contributed by atoms with Crippen molar-refractivity contribution in [1.82, 2.24) is 5.32 Å². The molecule has 0 radical (unpaired) electrons. The van der Waals surface area contributed by atoms with Crippen LogP contribution in [0.15, 0.2) is 12.4 Å². The molecule has 1 aliphatic heterocycles. The van der Waals surface area contributed by atoms with Gasteiger partial charge in [-0.05, 0) is 13.8 Å². The summed E-state index contributed by atoms with van der Waals surface area (Å²) in [5.74, 6) is 0. The Morgan fingerprint density at radius 1 is 1.44 bits per heavy atom. The molecule has 0 saturated heterocycles. The molecule has 0 amide bonds. The van der Waals surface area contributed by atoms with Gasteiger partial charge in [-0.2, -0.15) is 0 Å². The van der Waals surface area contributed by atoms with Crippen LogP contribution < -0.4 is 5.32 Å². The molecule has 0 saturated carbocycles. The van der Waals surface area contributed by atoms with Crippen LogP contribution in [-0.2, 0) is 0 Å². The molecular weight excluding hydrogens is 112 g/mol. The molecule has 52 valence electrons. The molecule has 1 rings (SSSR count). The van der Waals surface area contributed by atoms with E-state index in [1.807, 2.05) is 6.20 Å². The third-order valence-corrected chi connectivity index (χ3v) is 2.17. The Hall–Kier alpha value is -0.500. The molecule has 0 aromatic heterocycles. The Labute approximate surface area is 56.8 Å². The lowest BCUT2D eigenvalue weighted by atomic mass is 10.4. The summed E-state index contributed by atoms with van der Waals surface area (Å²) in [5, 5.41) is 3.21. The zero-order valence-corrected chi connectivity index (χ0v) is 6.22. The average molecular weight is 127 g/mol. The van der Waals surface area contributed by atoms with Crippen LogP contribution in [0.25, 0.3) is 0 Å². The average Bonchev–Trinajstić information content (AvgIpc) is 2.36. The second kappa shape index (κ2) is 2.40.